The van der Waals surface area contributed by atoms with Gasteiger partial charge < -0.3 is 11.1 Å². The lowest BCUT2D eigenvalue weighted by molar-refractivity contribution is 0.102. The van der Waals surface area contributed by atoms with Gasteiger partial charge in [-0.3, -0.25) is 9.89 Å². The second-order valence-corrected chi connectivity index (χ2v) is 3.39. The molecule has 6 nitrogen and oxygen atoms in total. The maximum absolute atomic E-state index is 11.5. The highest BCUT2D eigenvalue weighted by atomic mass is 32.1. The molecule has 72 valence electrons. The van der Waals surface area contributed by atoms with E-state index in [1.807, 2.05) is 0 Å². The van der Waals surface area contributed by atoms with Crippen molar-refractivity contribution in [1.82, 2.24) is 15.2 Å². The van der Waals surface area contributed by atoms with Crippen molar-refractivity contribution in [1.29, 1.82) is 0 Å². The molecule has 14 heavy (non-hydrogen) atoms. The second kappa shape index (κ2) is 3.46. The van der Waals surface area contributed by atoms with Gasteiger partial charge in [-0.25, -0.2) is 4.98 Å². The third-order valence-corrected chi connectivity index (χ3v) is 2.18. The van der Waals surface area contributed by atoms with Crippen molar-refractivity contribution in [2.24, 2.45) is 0 Å². The van der Waals surface area contributed by atoms with Crippen LogP contribution in [0.1, 0.15) is 10.5 Å². The molecule has 0 aromatic carbocycles. The van der Waals surface area contributed by atoms with Crippen molar-refractivity contribution in [3.63, 3.8) is 0 Å². The number of hydrogen-bond acceptors (Lipinski definition) is 5. The van der Waals surface area contributed by atoms with Crippen LogP contribution in [0, 0.1) is 0 Å². The molecule has 0 radical (unpaired) electrons. The molecular formula is C7H7N5OS. The van der Waals surface area contributed by atoms with Gasteiger partial charge in [0.2, 0.25) is 0 Å². The normalized spacial score (nSPS) is 10.0. The predicted molar refractivity (Wildman–Crippen MR) is 53.1 cm³/mol. The summed E-state index contributed by atoms with van der Waals surface area (Å²) in [4.78, 5) is 15.3. The molecule has 2 aromatic rings. The number of carbonyl (C=O) groups is 1. The lowest BCUT2D eigenvalue weighted by Gasteiger charge is -1.97. The lowest BCUT2D eigenvalue weighted by Crippen LogP contribution is -2.12. The maximum atomic E-state index is 11.5. The SMILES string of the molecule is Nc1nc(C(=O)Nc2ccn[nH]2)cs1. The Hall–Kier alpha value is -1.89. The molecular weight excluding hydrogens is 202 g/mol. The predicted octanol–water partition coefficient (Wildman–Crippen LogP) is 0.701. The van der Waals surface area contributed by atoms with Gasteiger partial charge in [-0.2, -0.15) is 5.10 Å². The van der Waals surface area contributed by atoms with Crippen molar-refractivity contribution in [2.45, 2.75) is 0 Å². The Bertz CT molecular complexity index is 435. The highest BCUT2D eigenvalue weighted by Crippen LogP contribution is 2.12. The fourth-order valence-electron chi connectivity index (χ4n) is 0.904. The topological polar surface area (TPSA) is 96.7 Å². The minimum absolute atomic E-state index is 0.304. The smallest absolute Gasteiger partial charge is 0.276 e. The molecule has 0 aliphatic rings. The van der Waals surface area contributed by atoms with E-state index in [0.29, 0.717) is 16.6 Å². The van der Waals surface area contributed by atoms with E-state index >= 15 is 0 Å². The Balaban J connectivity index is 2.10. The first-order chi connectivity index (χ1) is 6.75. The summed E-state index contributed by atoms with van der Waals surface area (Å²) >= 11 is 1.23. The number of aromatic nitrogens is 3. The zero-order valence-electron chi connectivity index (χ0n) is 7.02. The molecule has 2 rings (SSSR count). The van der Waals surface area contributed by atoms with Gasteiger partial charge in [0, 0.05) is 11.4 Å². The number of H-pyrrole nitrogens is 1. The number of nitrogens with zero attached hydrogens (tertiary/aromatic N) is 2. The standard InChI is InChI=1S/C7H7N5OS/c8-7-10-4(3-14-7)6(13)11-5-1-2-9-12-5/h1-3H,(H2,8,10)(H2,9,11,12,13). The number of aromatic amines is 1. The number of amides is 1. The zero-order chi connectivity index (χ0) is 9.97. The lowest BCUT2D eigenvalue weighted by atomic mass is 10.4. The van der Waals surface area contributed by atoms with Crippen LogP contribution in [0.2, 0.25) is 0 Å². The third kappa shape index (κ3) is 1.72. The molecule has 4 N–H and O–H groups in total. The van der Waals surface area contributed by atoms with Crippen LogP contribution >= 0.6 is 11.3 Å². The fraction of sp³-hybridized carbons (Fsp3) is 0. The van der Waals surface area contributed by atoms with Crippen LogP contribution in [-0.4, -0.2) is 21.1 Å². The number of carbonyl (C=O) groups excluding carboxylic acids is 1. The van der Waals surface area contributed by atoms with E-state index in [2.05, 4.69) is 20.5 Å². The highest BCUT2D eigenvalue weighted by Gasteiger charge is 2.09. The van der Waals surface area contributed by atoms with Crippen LogP contribution in [0.25, 0.3) is 0 Å². The Morgan fingerprint density at radius 3 is 3.07 bits per heavy atom. The number of nitrogen functional groups attached to an aromatic ring is 1. The summed E-state index contributed by atoms with van der Waals surface area (Å²) in [6, 6.07) is 1.65. The van der Waals surface area contributed by atoms with Gasteiger partial charge in [0.1, 0.15) is 11.5 Å². The van der Waals surface area contributed by atoms with E-state index < -0.39 is 0 Å². The van der Waals surface area contributed by atoms with Crippen LogP contribution < -0.4 is 11.1 Å². The average molecular weight is 209 g/mol. The van der Waals surface area contributed by atoms with E-state index in [0.717, 1.165) is 0 Å². The van der Waals surface area contributed by atoms with Crippen molar-refractivity contribution < 1.29 is 4.79 Å². The summed E-state index contributed by atoms with van der Waals surface area (Å²) in [6.45, 7) is 0. The minimum Gasteiger partial charge on any atom is -0.375 e. The average Bonchev–Trinajstić information content (AvgIpc) is 2.75. The van der Waals surface area contributed by atoms with Crippen molar-refractivity contribution >= 4 is 28.2 Å². The number of anilines is 2. The molecule has 0 bridgehead atoms. The molecule has 0 unspecified atom stereocenters. The molecule has 0 atom stereocenters. The molecule has 0 saturated heterocycles. The van der Waals surface area contributed by atoms with Crippen LogP contribution in [0.5, 0.6) is 0 Å². The van der Waals surface area contributed by atoms with E-state index in [1.54, 1.807) is 17.6 Å². The van der Waals surface area contributed by atoms with E-state index in [-0.39, 0.29) is 5.91 Å². The molecule has 1 amide bonds. The Labute approximate surface area is 83.2 Å². The summed E-state index contributed by atoms with van der Waals surface area (Å²) < 4.78 is 0. The number of nitrogens with two attached hydrogens (primary N) is 1. The Kier molecular flexibility index (Phi) is 2.15. The molecule has 7 heteroatoms. The van der Waals surface area contributed by atoms with Crippen LogP contribution in [0.3, 0.4) is 0 Å². The van der Waals surface area contributed by atoms with Gasteiger partial charge in [-0.1, -0.05) is 0 Å². The number of nitrogens with one attached hydrogen (secondary N) is 2. The summed E-state index contributed by atoms with van der Waals surface area (Å²) in [5.41, 5.74) is 5.70. The molecule has 2 aromatic heterocycles. The summed E-state index contributed by atoms with van der Waals surface area (Å²) in [5.74, 6) is 0.226. The molecule has 0 aliphatic heterocycles. The van der Waals surface area contributed by atoms with Gasteiger partial charge in [0.25, 0.3) is 5.91 Å². The number of hydrogen-bond donors (Lipinski definition) is 3. The van der Waals surface area contributed by atoms with Crippen LogP contribution in [-0.2, 0) is 0 Å². The highest BCUT2D eigenvalue weighted by molar-refractivity contribution is 7.13. The first kappa shape index (κ1) is 8.70. The van der Waals surface area contributed by atoms with Crippen LogP contribution in [0.15, 0.2) is 17.6 Å². The van der Waals surface area contributed by atoms with Crippen molar-refractivity contribution in [2.75, 3.05) is 11.1 Å². The Morgan fingerprint density at radius 2 is 2.50 bits per heavy atom. The first-order valence-electron chi connectivity index (χ1n) is 3.77. The quantitative estimate of drug-likeness (QED) is 0.678. The molecule has 2 heterocycles. The van der Waals surface area contributed by atoms with Crippen molar-refractivity contribution in [3.05, 3.63) is 23.3 Å². The van der Waals surface area contributed by atoms with Gasteiger partial charge in [-0.15, -0.1) is 11.3 Å². The Morgan fingerprint density at radius 1 is 1.64 bits per heavy atom. The van der Waals surface area contributed by atoms with Gasteiger partial charge in [0.05, 0.1) is 6.20 Å². The van der Waals surface area contributed by atoms with Gasteiger partial charge >= 0.3 is 0 Å². The van der Waals surface area contributed by atoms with Crippen LogP contribution in [0.4, 0.5) is 10.9 Å². The second-order valence-electron chi connectivity index (χ2n) is 2.50. The summed E-state index contributed by atoms with van der Waals surface area (Å²) in [5, 5.41) is 10.9. The third-order valence-electron chi connectivity index (χ3n) is 1.50. The summed E-state index contributed by atoms with van der Waals surface area (Å²) in [7, 11) is 0. The van der Waals surface area contributed by atoms with E-state index in [4.69, 9.17) is 5.73 Å². The van der Waals surface area contributed by atoms with Gasteiger partial charge in [0.15, 0.2) is 5.13 Å². The molecule has 0 fully saturated rings. The molecule has 0 aliphatic carbocycles. The van der Waals surface area contributed by atoms with E-state index in [1.165, 1.54) is 11.3 Å². The van der Waals surface area contributed by atoms with E-state index in [9.17, 15) is 4.79 Å². The molecule has 0 saturated carbocycles. The zero-order valence-corrected chi connectivity index (χ0v) is 7.84. The summed E-state index contributed by atoms with van der Waals surface area (Å²) in [6.07, 6.45) is 1.55. The largest absolute Gasteiger partial charge is 0.375 e. The first-order valence-corrected chi connectivity index (χ1v) is 4.65. The van der Waals surface area contributed by atoms with Gasteiger partial charge in [-0.05, 0) is 0 Å². The number of rotatable bonds is 2. The maximum Gasteiger partial charge on any atom is 0.276 e. The monoisotopic (exact) mass is 209 g/mol. The van der Waals surface area contributed by atoms with Crippen molar-refractivity contribution in [3.8, 4) is 0 Å². The number of thiazole rings is 1. The molecule has 0 spiro atoms. The minimum atomic E-state index is -0.304. The fourth-order valence-corrected chi connectivity index (χ4v) is 1.45.